The zero-order valence-electron chi connectivity index (χ0n) is 14.1. The van der Waals surface area contributed by atoms with E-state index >= 15 is 0 Å². The summed E-state index contributed by atoms with van der Waals surface area (Å²) in [5.74, 6) is -1.51. The summed E-state index contributed by atoms with van der Waals surface area (Å²) in [6, 6.07) is 4.48. The number of carboxylic acid groups (broad SMARTS) is 1. The van der Waals surface area contributed by atoms with E-state index in [1.807, 2.05) is 0 Å². The molecule has 1 fully saturated rings. The molecule has 1 aliphatic carbocycles. The Morgan fingerprint density at radius 2 is 1.84 bits per heavy atom. The minimum absolute atomic E-state index is 0.0748. The molecule has 0 aliphatic heterocycles. The van der Waals surface area contributed by atoms with Crippen molar-refractivity contribution in [1.82, 2.24) is 10.0 Å². The fourth-order valence-corrected chi connectivity index (χ4v) is 3.41. The number of carbonyl (C=O) groups is 2. The third kappa shape index (κ3) is 5.71. The molecular formula is C16H22N2O6S. The lowest BCUT2D eigenvalue weighted by molar-refractivity contribution is -0.140. The van der Waals surface area contributed by atoms with Crippen LogP contribution < -0.4 is 14.8 Å². The predicted molar refractivity (Wildman–Crippen MR) is 89.7 cm³/mol. The molecule has 0 spiro atoms. The Bertz CT molecular complexity index is 725. The summed E-state index contributed by atoms with van der Waals surface area (Å²) in [4.78, 5) is 22.6. The Kier molecular flexibility index (Phi) is 6.02. The van der Waals surface area contributed by atoms with Gasteiger partial charge in [0.15, 0.2) is 6.61 Å². The van der Waals surface area contributed by atoms with Crippen molar-refractivity contribution in [3.8, 4) is 5.75 Å². The molecule has 1 saturated carbocycles. The number of ether oxygens (including phenoxy) is 1. The molecule has 3 N–H and O–H groups in total. The second-order valence-corrected chi connectivity index (χ2v) is 8.00. The number of hydrogen-bond acceptors (Lipinski definition) is 5. The number of rotatable bonds is 9. The first-order chi connectivity index (χ1) is 11.7. The van der Waals surface area contributed by atoms with Crippen LogP contribution in [-0.2, 0) is 19.6 Å². The van der Waals surface area contributed by atoms with Crippen LogP contribution in [0.4, 0.5) is 0 Å². The SMILES string of the molecule is CC(C)[C@@H](NS(=O)(=O)c1ccc(OCC(=O)NC2CC2)cc1)C(=O)O. The van der Waals surface area contributed by atoms with Crippen molar-refractivity contribution in [2.75, 3.05) is 6.61 Å². The van der Waals surface area contributed by atoms with Gasteiger partial charge in [-0.25, -0.2) is 8.42 Å². The van der Waals surface area contributed by atoms with Gasteiger partial charge in [-0.3, -0.25) is 9.59 Å². The largest absolute Gasteiger partial charge is 0.484 e. The van der Waals surface area contributed by atoms with Crippen molar-refractivity contribution in [2.24, 2.45) is 5.92 Å². The van der Waals surface area contributed by atoms with E-state index in [9.17, 15) is 18.0 Å². The zero-order chi connectivity index (χ0) is 18.6. The maximum atomic E-state index is 12.3. The molecule has 0 aromatic heterocycles. The molecule has 2 rings (SSSR count). The molecule has 0 unspecified atom stereocenters. The van der Waals surface area contributed by atoms with Crippen molar-refractivity contribution in [2.45, 2.75) is 43.7 Å². The highest BCUT2D eigenvalue weighted by Crippen LogP contribution is 2.19. The van der Waals surface area contributed by atoms with Crippen LogP contribution in [0.2, 0.25) is 0 Å². The van der Waals surface area contributed by atoms with Gasteiger partial charge in [0.25, 0.3) is 5.91 Å². The molecule has 138 valence electrons. The van der Waals surface area contributed by atoms with Gasteiger partial charge in [0, 0.05) is 6.04 Å². The maximum Gasteiger partial charge on any atom is 0.322 e. The Morgan fingerprint density at radius 3 is 2.32 bits per heavy atom. The minimum Gasteiger partial charge on any atom is -0.484 e. The Morgan fingerprint density at radius 1 is 1.24 bits per heavy atom. The van der Waals surface area contributed by atoms with Gasteiger partial charge < -0.3 is 15.2 Å². The summed E-state index contributed by atoms with van der Waals surface area (Å²) in [5.41, 5.74) is 0. The number of sulfonamides is 1. The second-order valence-electron chi connectivity index (χ2n) is 6.28. The van der Waals surface area contributed by atoms with Crippen molar-refractivity contribution < 1.29 is 27.9 Å². The molecule has 9 heteroatoms. The monoisotopic (exact) mass is 370 g/mol. The summed E-state index contributed by atoms with van der Waals surface area (Å²) >= 11 is 0. The maximum absolute atomic E-state index is 12.3. The molecule has 1 aromatic rings. The third-order valence-corrected chi connectivity index (χ3v) is 5.12. The molecule has 1 aromatic carbocycles. The number of nitrogens with one attached hydrogen (secondary N) is 2. The second kappa shape index (κ2) is 7.83. The van der Waals surface area contributed by atoms with Crippen LogP contribution >= 0.6 is 0 Å². The van der Waals surface area contributed by atoms with Gasteiger partial charge in [0.2, 0.25) is 10.0 Å². The molecule has 0 bridgehead atoms. The fourth-order valence-electron chi connectivity index (χ4n) is 2.07. The Hall–Kier alpha value is -2.13. The Balaban J connectivity index is 1.97. The van der Waals surface area contributed by atoms with Crippen LogP contribution in [0.1, 0.15) is 26.7 Å². The van der Waals surface area contributed by atoms with Gasteiger partial charge in [0.05, 0.1) is 4.90 Å². The highest BCUT2D eigenvalue weighted by molar-refractivity contribution is 7.89. The van der Waals surface area contributed by atoms with E-state index in [4.69, 9.17) is 9.84 Å². The zero-order valence-corrected chi connectivity index (χ0v) is 14.9. The number of amides is 1. The highest BCUT2D eigenvalue weighted by atomic mass is 32.2. The van der Waals surface area contributed by atoms with Crippen LogP contribution in [0.5, 0.6) is 5.75 Å². The summed E-state index contributed by atoms with van der Waals surface area (Å²) in [7, 11) is -3.97. The summed E-state index contributed by atoms with van der Waals surface area (Å²) in [5, 5.41) is 11.9. The molecule has 8 nitrogen and oxygen atoms in total. The van der Waals surface area contributed by atoms with Crippen LogP contribution in [0.15, 0.2) is 29.2 Å². The first-order valence-corrected chi connectivity index (χ1v) is 9.44. The fraction of sp³-hybridized carbons (Fsp3) is 0.500. The number of aliphatic carboxylic acids is 1. The molecule has 25 heavy (non-hydrogen) atoms. The van der Waals surface area contributed by atoms with E-state index in [0.29, 0.717) is 5.75 Å². The van der Waals surface area contributed by atoms with Crippen molar-refractivity contribution in [3.05, 3.63) is 24.3 Å². The van der Waals surface area contributed by atoms with Crippen LogP contribution in [-0.4, -0.2) is 44.1 Å². The van der Waals surface area contributed by atoms with Gasteiger partial charge in [0.1, 0.15) is 11.8 Å². The van der Waals surface area contributed by atoms with Crippen molar-refractivity contribution >= 4 is 21.9 Å². The minimum atomic E-state index is -3.97. The van der Waals surface area contributed by atoms with Crippen LogP contribution in [0, 0.1) is 5.92 Å². The lowest BCUT2D eigenvalue weighted by Crippen LogP contribution is -2.44. The van der Waals surface area contributed by atoms with E-state index in [1.54, 1.807) is 13.8 Å². The van der Waals surface area contributed by atoms with E-state index in [2.05, 4.69) is 10.0 Å². The van der Waals surface area contributed by atoms with Gasteiger partial charge in [-0.15, -0.1) is 0 Å². The number of carbonyl (C=O) groups excluding carboxylic acids is 1. The Labute approximate surface area is 146 Å². The number of hydrogen-bond donors (Lipinski definition) is 3. The number of carboxylic acids is 1. The topological polar surface area (TPSA) is 122 Å². The van der Waals surface area contributed by atoms with Gasteiger partial charge >= 0.3 is 5.97 Å². The molecule has 1 atom stereocenters. The average molecular weight is 370 g/mol. The standard InChI is InChI=1S/C16H22N2O6S/c1-10(2)15(16(20)21)18-25(22,23)13-7-5-12(6-8-13)24-9-14(19)17-11-3-4-11/h5-8,10-11,15,18H,3-4,9H2,1-2H3,(H,17,19)(H,20,21)/t15-/m1/s1. The summed E-state index contributed by atoms with van der Waals surface area (Å²) in [6.45, 7) is 3.09. The molecule has 1 amide bonds. The predicted octanol–water partition coefficient (Wildman–Crippen LogP) is 0.732. The lowest BCUT2D eigenvalue weighted by atomic mass is 10.1. The first kappa shape index (κ1) is 19.2. The van der Waals surface area contributed by atoms with E-state index in [0.717, 1.165) is 12.8 Å². The summed E-state index contributed by atoms with van der Waals surface area (Å²) in [6.07, 6.45) is 1.97. The third-order valence-electron chi connectivity index (χ3n) is 3.66. The molecule has 0 saturated heterocycles. The highest BCUT2D eigenvalue weighted by Gasteiger charge is 2.28. The molecular weight excluding hydrogens is 348 g/mol. The van der Waals surface area contributed by atoms with Gasteiger partial charge in [-0.1, -0.05) is 13.8 Å². The normalized spacial score (nSPS) is 15.6. The smallest absolute Gasteiger partial charge is 0.322 e. The van der Waals surface area contributed by atoms with Crippen molar-refractivity contribution in [1.29, 1.82) is 0 Å². The summed E-state index contributed by atoms with van der Waals surface area (Å²) < 4.78 is 32.0. The molecule has 0 radical (unpaired) electrons. The quantitative estimate of drug-likeness (QED) is 0.589. The lowest BCUT2D eigenvalue weighted by Gasteiger charge is -2.18. The molecule has 0 heterocycles. The van der Waals surface area contributed by atoms with E-state index in [-0.39, 0.29) is 23.5 Å². The first-order valence-electron chi connectivity index (χ1n) is 7.96. The van der Waals surface area contributed by atoms with Gasteiger partial charge in [-0.05, 0) is 43.0 Å². The van der Waals surface area contributed by atoms with Crippen LogP contribution in [0.25, 0.3) is 0 Å². The van der Waals surface area contributed by atoms with E-state index in [1.165, 1.54) is 24.3 Å². The number of benzene rings is 1. The van der Waals surface area contributed by atoms with Gasteiger partial charge in [-0.2, -0.15) is 4.72 Å². The average Bonchev–Trinajstić information content (AvgIpc) is 3.34. The van der Waals surface area contributed by atoms with Crippen LogP contribution in [0.3, 0.4) is 0 Å². The molecule has 1 aliphatic rings. The van der Waals surface area contributed by atoms with E-state index < -0.39 is 28.0 Å². The van der Waals surface area contributed by atoms with Crippen molar-refractivity contribution in [3.63, 3.8) is 0 Å².